The minimum Gasteiger partial charge on any atom is -0.399 e. The zero-order chi connectivity index (χ0) is 11.0. The third kappa shape index (κ3) is 1.45. The quantitative estimate of drug-likeness (QED) is 0.786. The molecule has 0 saturated carbocycles. The maximum absolute atomic E-state index is 5.79. The van der Waals surface area contributed by atoms with Crippen LogP contribution in [0.1, 0.15) is 29.3 Å². The van der Waals surface area contributed by atoms with Gasteiger partial charge in [-0.05, 0) is 36.6 Å². The highest BCUT2D eigenvalue weighted by molar-refractivity contribution is 5.42. The van der Waals surface area contributed by atoms with Crippen LogP contribution in [-0.4, -0.2) is 9.97 Å². The third-order valence-electron chi connectivity index (χ3n) is 3.12. The zero-order valence-corrected chi connectivity index (χ0v) is 8.93. The molecular weight excluding hydrogens is 198 g/mol. The van der Waals surface area contributed by atoms with Crippen LogP contribution < -0.4 is 5.73 Å². The monoisotopic (exact) mass is 211 g/mol. The molecule has 3 nitrogen and oxygen atoms in total. The van der Waals surface area contributed by atoms with Crippen LogP contribution in [0.2, 0.25) is 0 Å². The molecule has 0 fully saturated rings. The molecule has 0 amide bonds. The Balaban J connectivity index is 2.05. The van der Waals surface area contributed by atoms with Crippen molar-refractivity contribution in [1.29, 1.82) is 0 Å². The summed E-state index contributed by atoms with van der Waals surface area (Å²) in [6, 6.07) is 7.91. The van der Waals surface area contributed by atoms with Gasteiger partial charge in [-0.15, -0.1) is 0 Å². The maximum atomic E-state index is 5.79. The van der Waals surface area contributed by atoms with Crippen molar-refractivity contribution in [3.05, 3.63) is 53.6 Å². The average molecular weight is 211 g/mol. The minimum absolute atomic E-state index is 0.319. The Morgan fingerprint density at radius 3 is 3.00 bits per heavy atom. The van der Waals surface area contributed by atoms with Crippen molar-refractivity contribution in [3.63, 3.8) is 0 Å². The Morgan fingerprint density at radius 1 is 1.19 bits per heavy atom. The molecule has 0 saturated heterocycles. The summed E-state index contributed by atoms with van der Waals surface area (Å²) in [4.78, 5) is 8.87. The fraction of sp³-hybridized carbons (Fsp3) is 0.231. The van der Waals surface area contributed by atoms with Crippen molar-refractivity contribution in [2.75, 3.05) is 5.73 Å². The lowest BCUT2D eigenvalue weighted by atomic mass is 10.0. The van der Waals surface area contributed by atoms with Gasteiger partial charge in [0.1, 0.15) is 0 Å². The predicted molar refractivity (Wildman–Crippen MR) is 63.1 cm³/mol. The highest BCUT2D eigenvalue weighted by Crippen LogP contribution is 2.35. The fourth-order valence-corrected chi connectivity index (χ4v) is 2.36. The van der Waals surface area contributed by atoms with Crippen LogP contribution in [-0.2, 0) is 6.42 Å². The van der Waals surface area contributed by atoms with Gasteiger partial charge in [0.2, 0.25) is 0 Å². The summed E-state index contributed by atoms with van der Waals surface area (Å²) in [6.45, 7) is 0. The number of rotatable bonds is 1. The smallest absolute Gasteiger partial charge is 0.0526 e. The number of nitrogens with two attached hydrogens (primary N) is 1. The van der Waals surface area contributed by atoms with E-state index in [4.69, 9.17) is 5.73 Å². The van der Waals surface area contributed by atoms with Crippen molar-refractivity contribution >= 4 is 5.69 Å². The second kappa shape index (κ2) is 3.59. The summed E-state index contributed by atoms with van der Waals surface area (Å²) in [5.74, 6) is 0.319. The van der Waals surface area contributed by atoms with E-state index in [9.17, 15) is 0 Å². The highest BCUT2D eigenvalue weighted by atomic mass is 14.8. The molecule has 2 N–H and O–H groups in total. The molecule has 1 atom stereocenters. The number of anilines is 1. The van der Waals surface area contributed by atoms with E-state index in [1.807, 2.05) is 24.4 Å². The van der Waals surface area contributed by atoms with E-state index in [1.54, 1.807) is 6.20 Å². The molecular formula is C13H13N3. The summed E-state index contributed by atoms with van der Waals surface area (Å²) in [5.41, 5.74) is 10.1. The largest absolute Gasteiger partial charge is 0.399 e. The molecule has 0 spiro atoms. The Hall–Kier alpha value is -1.90. The van der Waals surface area contributed by atoms with E-state index in [2.05, 4.69) is 16.0 Å². The Labute approximate surface area is 94.4 Å². The summed E-state index contributed by atoms with van der Waals surface area (Å²) in [5, 5.41) is 0. The van der Waals surface area contributed by atoms with Crippen LogP contribution >= 0.6 is 0 Å². The Morgan fingerprint density at radius 2 is 2.12 bits per heavy atom. The standard InChI is InChI=1S/C13H13N3/c14-10-5-7-15-12(8-10)11-4-3-9-2-1-6-16-13(9)11/h1-2,5-8,11H,3-4H2,(H2,14,15). The first-order chi connectivity index (χ1) is 7.84. The summed E-state index contributed by atoms with van der Waals surface area (Å²) in [6.07, 6.45) is 5.79. The van der Waals surface area contributed by atoms with Crippen LogP contribution in [0.15, 0.2) is 36.7 Å². The molecule has 2 aromatic rings. The summed E-state index contributed by atoms with van der Waals surface area (Å²) in [7, 11) is 0. The van der Waals surface area contributed by atoms with Crippen molar-refractivity contribution in [3.8, 4) is 0 Å². The van der Waals surface area contributed by atoms with Gasteiger partial charge in [-0.1, -0.05) is 6.07 Å². The van der Waals surface area contributed by atoms with Crippen LogP contribution in [0.25, 0.3) is 0 Å². The van der Waals surface area contributed by atoms with Crippen molar-refractivity contribution in [2.24, 2.45) is 0 Å². The zero-order valence-electron chi connectivity index (χ0n) is 8.93. The summed E-state index contributed by atoms with van der Waals surface area (Å²) < 4.78 is 0. The molecule has 2 aromatic heterocycles. The van der Waals surface area contributed by atoms with E-state index >= 15 is 0 Å². The first-order valence-electron chi connectivity index (χ1n) is 5.50. The van der Waals surface area contributed by atoms with Gasteiger partial charge in [0, 0.05) is 24.0 Å². The number of aromatic nitrogens is 2. The maximum Gasteiger partial charge on any atom is 0.0526 e. The van der Waals surface area contributed by atoms with Gasteiger partial charge in [-0.25, -0.2) is 0 Å². The molecule has 0 bridgehead atoms. The predicted octanol–water partition coefficient (Wildman–Crippen LogP) is 2.14. The average Bonchev–Trinajstić information content (AvgIpc) is 2.72. The van der Waals surface area contributed by atoms with Gasteiger partial charge in [-0.3, -0.25) is 9.97 Å². The van der Waals surface area contributed by atoms with E-state index in [1.165, 1.54) is 11.3 Å². The van der Waals surface area contributed by atoms with Crippen LogP contribution in [0.5, 0.6) is 0 Å². The minimum atomic E-state index is 0.319. The SMILES string of the molecule is Nc1ccnc(C2CCc3cccnc32)c1. The molecule has 3 rings (SSSR count). The van der Waals surface area contributed by atoms with Crippen molar-refractivity contribution in [2.45, 2.75) is 18.8 Å². The lowest BCUT2D eigenvalue weighted by molar-refractivity contribution is 0.747. The van der Waals surface area contributed by atoms with Crippen molar-refractivity contribution < 1.29 is 0 Å². The molecule has 3 heteroatoms. The number of fused-ring (bicyclic) bond motifs is 1. The third-order valence-corrected chi connectivity index (χ3v) is 3.12. The number of hydrogen-bond donors (Lipinski definition) is 1. The van der Waals surface area contributed by atoms with Crippen LogP contribution in [0.4, 0.5) is 5.69 Å². The molecule has 1 aliphatic carbocycles. The van der Waals surface area contributed by atoms with E-state index in [0.29, 0.717) is 5.92 Å². The molecule has 80 valence electrons. The highest BCUT2D eigenvalue weighted by Gasteiger charge is 2.25. The molecule has 0 aromatic carbocycles. The first kappa shape index (κ1) is 9.33. The number of nitrogens with zero attached hydrogens (tertiary/aromatic N) is 2. The van der Waals surface area contributed by atoms with Crippen molar-refractivity contribution in [1.82, 2.24) is 9.97 Å². The first-order valence-corrected chi connectivity index (χ1v) is 5.50. The van der Waals surface area contributed by atoms with Gasteiger partial charge >= 0.3 is 0 Å². The second-order valence-corrected chi connectivity index (χ2v) is 4.15. The van der Waals surface area contributed by atoms with Gasteiger partial charge in [0.15, 0.2) is 0 Å². The van der Waals surface area contributed by atoms with Gasteiger partial charge < -0.3 is 5.73 Å². The van der Waals surface area contributed by atoms with E-state index < -0.39 is 0 Å². The Kier molecular flexibility index (Phi) is 2.10. The number of pyridine rings is 2. The molecule has 2 heterocycles. The molecule has 0 radical (unpaired) electrons. The van der Waals surface area contributed by atoms with E-state index in [0.717, 1.165) is 24.2 Å². The number of hydrogen-bond acceptors (Lipinski definition) is 3. The molecule has 1 aliphatic rings. The topological polar surface area (TPSA) is 51.8 Å². The van der Waals surface area contributed by atoms with Crippen LogP contribution in [0, 0.1) is 0 Å². The van der Waals surface area contributed by atoms with Gasteiger partial charge in [0.25, 0.3) is 0 Å². The van der Waals surface area contributed by atoms with Gasteiger partial charge in [0.05, 0.1) is 11.4 Å². The molecule has 0 aliphatic heterocycles. The lowest BCUT2D eigenvalue weighted by Crippen LogP contribution is -2.02. The molecule has 1 unspecified atom stereocenters. The van der Waals surface area contributed by atoms with Crippen LogP contribution in [0.3, 0.4) is 0 Å². The summed E-state index contributed by atoms with van der Waals surface area (Å²) >= 11 is 0. The number of nitrogen functional groups attached to an aromatic ring is 1. The molecule has 16 heavy (non-hydrogen) atoms. The van der Waals surface area contributed by atoms with E-state index in [-0.39, 0.29) is 0 Å². The van der Waals surface area contributed by atoms with Gasteiger partial charge in [-0.2, -0.15) is 0 Å². The lowest BCUT2D eigenvalue weighted by Gasteiger charge is -2.10. The normalized spacial score (nSPS) is 18.4. The number of aryl methyl sites for hydroxylation is 1. The fourth-order valence-electron chi connectivity index (χ4n) is 2.36. The second-order valence-electron chi connectivity index (χ2n) is 4.15. The Bertz CT molecular complexity index is 522.